The normalized spacial score (nSPS) is 27.8. The topological polar surface area (TPSA) is 56.4 Å². The van der Waals surface area contributed by atoms with E-state index < -0.39 is 0 Å². The van der Waals surface area contributed by atoms with Crippen LogP contribution in [0.25, 0.3) is 0 Å². The van der Waals surface area contributed by atoms with Crippen LogP contribution in [0, 0.1) is 18.3 Å². The standard InChI is InChI=1S/C19H27N3O2/c1-14-16(6-9-20-14)17(23)22-11-8-19(13-22)7-3-10-21(18(19)24)12-15-4-2-5-15/h6,9,15,20H,2-5,7-8,10-13H2,1H3/t19-/m0/s1. The number of nitrogens with one attached hydrogen (secondary N) is 1. The van der Waals surface area contributed by atoms with Gasteiger partial charge in [-0.1, -0.05) is 6.42 Å². The third kappa shape index (κ3) is 2.54. The smallest absolute Gasteiger partial charge is 0.255 e. The van der Waals surface area contributed by atoms with Crippen LogP contribution < -0.4 is 0 Å². The quantitative estimate of drug-likeness (QED) is 0.926. The predicted octanol–water partition coefficient (Wildman–Crippen LogP) is 2.58. The van der Waals surface area contributed by atoms with Crippen molar-refractivity contribution in [2.24, 2.45) is 11.3 Å². The summed E-state index contributed by atoms with van der Waals surface area (Å²) in [5, 5.41) is 0. The number of carbonyl (C=O) groups excluding carboxylic acids is 2. The Morgan fingerprint density at radius 1 is 1.29 bits per heavy atom. The van der Waals surface area contributed by atoms with E-state index in [4.69, 9.17) is 0 Å². The van der Waals surface area contributed by atoms with Crippen LogP contribution in [-0.2, 0) is 4.79 Å². The van der Waals surface area contributed by atoms with E-state index in [1.165, 1.54) is 19.3 Å². The second kappa shape index (κ2) is 5.94. The van der Waals surface area contributed by atoms with Gasteiger partial charge in [0, 0.05) is 38.1 Å². The molecule has 5 nitrogen and oxygen atoms in total. The molecule has 1 aliphatic carbocycles. The monoisotopic (exact) mass is 329 g/mol. The van der Waals surface area contributed by atoms with E-state index >= 15 is 0 Å². The van der Waals surface area contributed by atoms with Crippen LogP contribution in [0.2, 0.25) is 0 Å². The van der Waals surface area contributed by atoms with E-state index in [9.17, 15) is 9.59 Å². The van der Waals surface area contributed by atoms with Crippen LogP contribution in [0.3, 0.4) is 0 Å². The second-order valence-electron chi connectivity index (χ2n) is 7.93. The number of piperidine rings is 1. The number of hydrogen-bond acceptors (Lipinski definition) is 2. The highest BCUT2D eigenvalue weighted by atomic mass is 16.2. The molecule has 4 rings (SSSR count). The van der Waals surface area contributed by atoms with Crippen LogP contribution >= 0.6 is 0 Å². The summed E-state index contributed by atoms with van der Waals surface area (Å²) in [6, 6.07) is 1.84. The number of aryl methyl sites for hydroxylation is 1. The first-order chi connectivity index (χ1) is 11.6. The van der Waals surface area contributed by atoms with Crippen molar-refractivity contribution in [3.05, 3.63) is 23.5 Å². The van der Waals surface area contributed by atoms with Gasteiger partial charge in [-0.05, 0) is 51.0 Å². The Hall–Kier alpha value is -1.78. The van der Waals surface area contributed by atoms with Crippen molar-refractivity contribution in [3.8, 4) is 0 Å². The zero-order valence-electron chi connectivity index (χ0n) is 14.5. The van der Waals surface area contributed by atoms with Gasteiger partial charge in [0.25, 0.3) is 5.91 Å². The van der Waals surface area contributed by atoms with E-state index in [0.29, 0.717) is 24.9 Å². The Labute approximate surface area is 143 Å². The molecular weight excluding hydrogens is 302 g/mol. The summed E-state index contributed by atoms with van der Waals surface area (Å²) < 4.78 is 0. The molecular formula is C19H27N3O2. The number of amides is 2. The lowest BCUT2D eigenvalue weighted by atomic mass is 9.77. The van der Waals surface area contributed by atoms with Gasteiger partial charge in [0.05, 0.1) is 11.0 Å². The lowest BCUT2D eigenvalue weighted by Crippen LogP contribution is -2.52. The zero-order chi connectivity index (χ0) is 16.7. The second-order valence-corrected chi connectivity index (χ2v) is 7.93. The summed E-state index contributed by atoms with van der Waals surface area (Å²) >= 11 is 0. The lowest BCUT2D eigenvalue weighted by molar-refractivity contribution is -0.146. The summed E-state index contributed by atoms with van der Waals surface area (Å²) in [5.41, 5.74) is 1.33. The minimum Gasteiger partial charge on any atom is -0.365 e. The molecule has 2 aliphatic heterocycles. The first-order valence-electron chi connectivity index (χ1n) is 9.32. The molecule has 1 aromatic rings. The van der Waals surface area contributed by atoms with Gasteiger partial charge in [-0.15, -0.1) is 0 Å². The predicted molar refractivity (Wildman–Crippen MR) is 91.6 cm³/mol. The highest BCUT2D eigenvalue weighted by Gasteiger charge is 2.49. The molecule has 1 spiro atoms. The van der Waals surface area contributed by atoms with Crippen molar-refractivity contribution in [1.29, 1.82) is 0 Å². The number of rotatable bonds is 3. The maximum atomic E-state index is 13.1. The van der Waals surface area contributed by atoms with Gasteiger partial charge in [-0.3, -0.25) is 9.59 Å². The molecule has 2 amide bonds. The van der Waals surface area contributed by atoms with Crippen molar-refractivity contribution in [1.82, 2.24) is 14.8 Å². The van der Waals surface area contributed by atoms with Crippen LogP contribution in [0.5, 0.6) is 0 Å². The number of aromatic nitrogens is 1. The van der Waals surface area contributed by atoms with Crippen molar-refractivity contribution < 1.29 is 9.59 Å². The SMILES string of the molecule is Cc1[nH]ccc1C(=O)N1CC[C@@]2(CCCN(CC3CCC3)C2=O)C1. The van der Waals surface area contributed by atoms with E-state index in [-0.39, 0.29) is 11.3 Å². The van der Waals surface area contributed by atoms with Crippen molar-refractivity contribution in [2.75, 3.05) is 26.2 Å². The Balaban J connectivity index is 1.46. The van der Waals surface area contributed by atoms with Gasteiger partial charge < -0.3 is 14.8 Å². The number of nitrogens with zero attached hydrogens (tertiary/aromatic N) is 2. The number of H-pyrrole nitrogens is 1. The Morgan fingerprint density at radius 2 is 2.12 bits per heavy atom. The fourth-order valence-corrected chi connectivity index (χ4v) is 4.59. The molecule has 0 unspecified atom stereocenters. The largest absolute Gasteiger partial charge is 0.365 e. The third-order valence-corrected chi connectivity index (χ3v) is 6.35. The van der Waals surface area contributed by atoms with Gasteiger partial charge >= 0.3 is 0 Å². The summed E-state index contributed by atoms with van der Waals surface area (Å²) in [4.78, 5) is 32.9. The average Bonchev–Trinajstić information content (AvgIpc) is 3.14. The van der Waals surface area contributed by atoms with Crippen molar-refractivity contribution in [2.45, 2.75) is 45.4 Å². The van der Waals surface area contributed by atoms with Crippen LogP contribution in [-0.4, -0.2) is 52.8 Å². The highest BCUT2D eigenvalue weighted by molar-refractivity contribution is 5.96. The molecule has 5 heteroatoms. The fraction of sp³-hybridized carbons (Fsp3) is 0.684. The van der Waals surface area contributed by atoms with Gasteiger partial charge in [0.2, 0.25) is 5.91 Å². The minimum atomic E-state index is -0.318. The van der Waals surface area contributed by atoms with Crippen LogP contribution in [0.4, 0.5) is 0 Å². The third-order valence-electron chi connectivity index (χ3n) is 6.35. The van der Waals surface area contributed by atoms with E-state index in [1.54, 1.807) is 6.20 Å². The summed E-state index contributed by atoms with van der Waals surface area (Å²) in [6.45, 7) is 5.06. The zero-order valence-corrected chi connectivity index (χ0v) is 14.5. The molecule has 1 saturated carbocycles. The molecule has 0 aromatic carbocycles. The first-order valence-corrected chi connectivity index (χ1v) is 9.32. The van der Waals surface area contributed by atoms with Crippen molar-refractivity contribution in [3.63, 3.8) is 0 Å². The van der Waals surface area contributed by atoms with Crippen molar-refractivity contribution >= 4 is 11.8 Å². The van der Waals surface area contributed by atoms with Gasteiger partial charge in [-0.25, -0.2) is 0 Å². The highest BCUT2D eigenvalue weighted by Crippen LogP contribution is 2.41. The molecule has 24 heavy (non-hydrogen) atoms. The number of likely N-dealkylation sites (tertiary alicyclic amines) is 2. The molecule has 3 heterocycles. The molecule has 0 bridgehead atoms. The Kier molecular flexibility index (Phi) is 3.89. The van der Waals surface area contributed by atoms with Gasteiger partial charge in [0.1, 0.15) is 0 Å². The summed E-state index contributed by atoms with van der Waals surface area (Å²) in [5.74, 6) is 1.09. The number of carbonyl (C=O) groups is 2. The molecule has 1 atom stereocenters. The molecule has 0 radical (unpaired) electrons. The number of aromatic amines is 1. The van der Waals surface area contributed by atoms with Gasteiger partial charge in [0.15, 0.2) is 0 Å². The maximum Gasteiger partial charge on any atom is 0.255 e. The summed E-state index contributed by atoms with van der Waals surface area (Å²) in [6.07, 6.45) is 8.49. The molecule has 2 saturated heterocycles. The van der Waals surface area contributed by atoms with E-state index in [0.717, 1.165) is 43.6 Å². The molecule has 1 N–H and O–H groups in total. The molecule has 3 aliphatic rings. The molecule has 3 fully saturated rings. The lowest BCUT2D eigenvalue weighted by Gasteiger charge is -2.42. The maximum absolute atomic E-state index is 13.1. The van der Waals surface area contributed by atoms with E-state index in [1.807, 2.05) is 17.9 Å². The van der Waals surface area contributed by atoms with Crippen LogP contribution in [0.1, 0.15) is 54.6 Å². The minimum absolute atomic E-state index is 0.0644. The average molecular weight is 329 g/mol. The first kappa shape index (κ1) is 15.7. The summed E-state index contributed by atoms with van der Waals surface area (Å²) in [7, 11) is 0. The fourth-order valence-electron chi connectivity index (χ4n) is 4.59. The number of hydrogen-bond donors (Lipinski definition) is 1. The molecule has 1 aromatic heterocycles. The van der Waals surface area contributed by atoms with Crippen LogP contribution in [0.15, 0.2) is 12.3 Å². The Morgan fingerprint density at radius 3 is 2.79 bits per heavy atom. The Bertz CT molecular complexity index is 649. The van der Waals surface area contributed by atoms with E-state index in [2.05, 4.69) is 9.88 Å². The molecule has 130 valence electrons. The van der Waals surface area contributed by atoms with Gasteiger partial charge in [-0.2, -0.15) is 0 Å².